The van der Waals surface area contributed by atoms with E-state index in [1.165, 1.54) is 18.5 Å². The molecule has 2 aliphatic rings. The van der Waals surface area contributed by atoms with Gasteiger partial charge in [-0.25, -0.2) is 14.5 Å². The van der Waals surface area contributed by atoms with Crippen LogP contribution >= 0.6 is 0 Å². The zero-order chi connectivity index (χ0) is 22.5. The first kappa shape index (κ1) is 19.9. The molecule has 0 aliphatic carbocycles. The molecule has 4 aromatic rings. The monoisotopic (exact) mass is 447 g/mol. The molecular formula is C23H22FN7O2. The first-order valence-corrected chi connectivity index (χ1v) is 10.9. The van der Waals surface area contributed by atoms with Crippen LogP contribution in [0.15, 0.2) is 47.5 Å². The van der Waals surface area contributed by atoms with Crippen LogP contribution in [0.2, 0.25) is 0 Å². The number of aryl methyl sites for hydroxylation is 1. The largest absolute Gasteiger partial charge is 0.489 e. The van der Waals surface area contributed by atoms with Gasteiger partial charge in [0, 0.05) is 24.7 Å². The lowest BCUT2D eigenvalue weighted by Gasteiger charge is -2.33. The molecule has 33 heavy (non-hydrogen) atoms. The van der Waals surface area contributed by atoms with E-state index in [2.05, 4.69) is 30.9 Å². The number of hydrogen-bond acceptors (Lipinski definition) is 7. The summed E-state index contributed by atoms with van der Waals surface area (Å²) in [6.45, 7) is 1.81. The minimum absolute atomic E-state index is 0.170. The maximum absolute atomic E-state index is 14.4. The van der Waals surface area contributed by atoms with Gasteiger partial charge in [0.15, 0.2) is 0 Å². The lowest BCUT2D eigenvalue weighted by Crippen LogP contribution is -2.30. The lowest BCUT2D eigenvalue weighted by molar-refractivity contribution is 0.223. The molecule has 6 rings (SSSR count). The van der Waals surface area contributed by atoms with Crippen molar-refractivity contribution < 1.29 is 9.13 Å². The summed E-state index contributed by atoms with van der Waals surface area (Å²) >= 11 is 0. The zero-order valence-electron chi connectivity index (χ0n) is 17.9. The van der Waals surface area contributed by atoms with Crippen LogP contribution in [-0.2, 0) is 7.05 Å². The zero-order valence-corrected chi connectivity index (χ0v) is 17.9. The highest BCUT2D eigenvalue weighted by Crippen LogP contribution is 2.46. The van der Waals surface area contributed by atoms with Gasteiger partial charge in [-0.2, -0.15) is 10.2 Å². The molecule has 168 valence electrons. The maximum atomic E-state index is 14.4. The number of ether oxygens (including phenoxy) is 1. The first-order chi connectivity index (χ1) is 16.1. The summed E-state index contributed by atoms with van der Waals surface area (Å²) in [5, 5.41) is 18.7. The molecule has 9 nitrogen and oxygen atoms in total. The molecule has 1 fully saturated rings. The van der Waals surface area contributed by atoms with Crippen molar-refractivity contribution in [1.29, 1.82) is 0 Å². The standard InChI is InChI=1S/C23H22FN7O2/c1-31-22(26-11-27-31)19-20(12-2-4-14(5-3-12)33-15-6-7-25-10-15)28-17-9-13(24)8-16-18(17)21(19)29-30-23(16)32/h2-5,8-9,11,15,19-20,25,28H,6-7,10H2,1H3,(H,30,32)/t15-,19+,20+/m1/s1. The molecule has 0 saturated carbocycles. The summed E-state index contributed by atoms with van der Waals surface area (Å²) in [5.74, 6) is 0.633. The Kier molecular flexibility index (Phi) is 4.61. The number of hydrogen-bond donors (Lipinski definition) is 3. The number of rotatable bonds is 4. The van der Waals surface area contributed by atoms with Crippen LogP contribution in [0.25, 0.3) is 10.8 Å². The van der Waals surface area contributed by atoms with E-state index in [4.69, 9.17) is 4.74 Å². The van der Waals surface area contributed by atoms with Crippen LogP contribution in [0, 0.1) is 5.82 Å². The van der Waals surface area contributed by atoms with Crippen molar-refractivity contribution >= 4 is 16.5 Å². The number of nitrogens with one attached hydrogen (secondary N) is 3. The molecule has 0 radical (unpaired) electrons. The predicted octanol–water partition coefficient (Wildman–Crippen LogP) is 2.23. The third-order valence-electron chi connectivity index (χ3n) is 6.40. The number of anilines is 1. The molecule has 1 saturated heterocycles. The van der Waals surface area contributed by atoms with Gasteiger partial charge in [0.25, 0.3) is 5.56 Å². The number of halogens is 1. The van der Waals surface area contributed by atoms with Gasteiger partial charge in [-0.15, -0.1) is 0 Å². The quantitative estimate of drug-likeness (QED) is 0.440. The minimum Gasteiger partial charge on any atom is -0.489 e. The number of aromatic amines is 1. The molecule has 4 heterocycles. The average Bonchev–Trinajstić information content (AvgIpc) is 3.48. The number of nitrogens with zero attached hydrogens (tertiary/aromatic N) is 4. The third kappa shape index (κ3) is 3.34. The number of aromatic nitrogens is 5. The average molecular weight is 447 g/mol. The second-order valence-corrected chi connectivity index (χ2v) is 8.46. The van der Waals surface area contributed by atoms with Crippen molar-refractivity contribution in [3.8, 4) is 5.75 Å². The summed E-state index contributed by atoms with van der Waals surface area (Å²) in [6, 6.07) is 10.2. The second kappa shape index (κ2) is 7.66. The van der Waals surface area contributed by atoms with Gasteiger partial charge in [0.1, 0.15) is 29.8 Å². The van der Waals surface area contributed by atoms with Gasteiger partial charge in [0.2, 0.25) is 0 Å². The van der Waals surface area contributed by atoms with Gasteiger partial charge in [0.05, 0.1) is 23.0 Å². The Bertz CT molecular complexity index is 1390. The van der Waals surface area contributed by atoms with Crippen LogP contribution in [0.3, 0.4) is 0 Å². The number of benzene rings is 2. The van der Waals surface area contributed by atoms with Crippen LogP contribution in [-0.4, -0.2) is 44.2 Å². The highest BCUT2D eigenvalue weighted by molar-refractivity contribution is 5.97. The van der Waals surface area contributed by atoms with Gasteiger partial charge < -0.3 is 15.4 Å². The molecule has 10 heteroatoms. The summed E-state index contributed by atoms with van der Waals surface area (Å²) in [7, 11) is 1.81. The Labute approximate surface area is 188 Å². The van der Waals surface area contributed by atoms with Crippen LogP contribution in [0.1, 0.15) is 35.5 Å². The second-order valence-electron chi connectivity index (χ2n) is 8.46. The smallest absolute Gasteiger partial charge is 0.272 e. The van der Waals surface area contributed by atoms with E-state index in [0.29, 0.717) is 22.6 Å². The Hall–Kier alpha value is -3.79. The van der Waals surface area contributed by atoms with Gasteiger partial charge in [-0.05, 0) is 42.8 Å². The molecule has 0 spiro atoms. The van der Waals surface area contributed by atoms with Crippen molar-refractivity contribution in [2.75, 3.05) is 18.4 Å². The third-order valence-corrected chi connectivity index (χ3v) is 6.40. The Morgan fingerprint density at radius 3 is 2.79 bits per heavy atom. The van der Waals surface area contributed by atoms with Crippen molar-refractivity contribution in [3.05, 3.63) is 76.0 Å². The SMILES string of the molecule is Cn1ncnc1[C@@H]1c2n[nH]c(=O)c3cc(F)cc(c23)N[C@H]1c1ccc(O[C@@H]2CCNC2)cc1. The van der Waals surface area contributed by atoms with E-state index < -0.39 is 11.4 Å². The fourth-order valence-electron chi connectivity index (χ4n) is 4.85. The van der Waals surface area contributed by atoms with Crippen LogP contribution in [0.5, 0.6) is 5.75 Å². The molecule has 0 unspecified atom stereocenters. The topological polar surface area (TPSA) is 110 Å². The summed E-state index contributed by atoms with van der Waals surface area (Å²) < 4.78 is 22.1. The molecule has 0 amide bonds. The lowest BCUT2D eigenvalue weighted by atomic mass is 9.83. The van der Waals surface area contributed by atoms with Crippen molar-refractivity contribution in [3.63, 3.8) is 0 Å². The Balaban J connectivity index is 1.46. The molecular weight excluding hydrogens is 425 g/mol. The van der Waals surface area contributed by atoms with E-state index in [1.807, 2.05) is 31.3 Å². The molecule has 2 aliphatic heterocycles. The van der Waals surface area contributed by atoms with Crippen LogP contribution in [0.4, 0.5) is 10.1 Å². The van der Waals surface area contributed by atoms with E-state index in [1.54, 1.807) is 4.68 Å². The molecule has 2 aromatic carbocycles. The Morgan fingerprint density at radius 2 is 2.06 bits per heavy atom. The van der Waals surface area contributed by atoms with E-state index >= 15 is 0 Å². The van der Waals surface area contributed by atoms with Crippen molar-refractivity contribution in [2.24, 2.45) is 7.05 Å². The fraction of sp³-hybridized carbons (Fsp3) is 0.304. The van der Waals surface area contributed by atoms with Crippen molar-refractivity contribution in [1.82, 2.24) is 30.3 Å². The van der Waals surface area contributed by atoms with Gasteiger partial charge in [-0.3, -0.25) is 9.48 Å². The number of H-pyrrole nitrogens is 1. The highest BCUT2D eigenvalue weighted by atomic mass is 19.1. The molecule has 3 N–H and O–H groups in total. The van der Waals surface area contributed by atoms with E-state index in [9.17, 15) is 9.18 Å². The normalized spacial score (nSPS) is 21.8. The first-order valence-electron chi connectivity index (χ1n) is 10.9. The summed E-state index contributed by atoms with van der Waals surface area (Å²) in [4.78, 5) is 16.9. The molecule has 2 aromatic heterocycles. The van der Waals surface area contributed by atoms with Crippen molar-refractivity contribution in [2.45, 2.75) is 24.5 Å². The van der Waals surface area contributed by atoms with Crippen LogP contribution < -0.4 is 20.9 Å². The fourth-order valence-corrected chi connectivity index (χ4v) is 4.85. The maximum Gasteiger partial charge on any atom is 0.272 e. The van der Waals surface area contributed by atoms with Gasteiger partial charge >= 0.3 is 0 Å². The Morgan fingerprint density at radius 1 is 1.21 bits per heavy atom. The summed E-state index contributed by atoms with van der Waals surface area (Å²) in [6.07, 6.45) is 2.64. The van der Waals surface area contributed by atoms with E-state index in [0.717, 1.165) is 30.8 Å². The molecule has 3 atom stereocenters. The van der Waals surface area contributed by atoms with Gasteiger partial charge in [-0.1, -0.05) is 12.1 Å². The predicted molar refractivity (Wildman–Crippen MR) is 120 cm³/mol. The highest BCUT2D eigenvalue weighted by Gasteiger charge is 2.37. The van der Waals surface area contributed by atoms with E-state index in [-0.39, 0.29) is 23.4 Å². The summed E-state index contributed by atoms with van der Waals surface area (Å²) in [5.41, 5.74) is 1.67. The minimum atomic E-state index is -0.488. The molecule has 0 bridgehead atoms.